The zero-order valence-corrected chi connectivity index (χ0v) is 16.8. The number of amides is 2. The predicted octanol–water partition coefficient (Wildman–Crippen LogP) is 2.62. The molecule has 2 aromatic carbocycles. The number of methoxy groups -OCH3 is 1. The van der Waals surface area contributed by atoms with Crippen LogP contribution in [0.2, 0.25) is 0 Å². The Balaban J connectivity index is 0.00000280. The minimum atomic E-state index is -0.0122. The van der Waals surface area contributed by atoms with Crippen LogP contribution in [0, 0.1) is 0 Å². The summed E-state index contributed by atoms with van der Waals surface area (Å²) in [5.74, 6) is 0.817. The summed E-state index contributed by atoms with van der Waals surface area (Å²) in [7, 11) is 1.60. The van der Waals surface area contributed by atoms with Crippen LogP contribution in [0.5, 0.6) is 5.75 Å². The molecule has 2 aromatic rings. The first-order valence-electron chi connectivity index (χ1n) is 9.13. The second-order valence-electron chi connectivity index (χ2n) is 6.60. The molecule has 6 nitrogen and oxygen atoms in total. The van der Waals surface area contributed by atoms with E-state index in [0.717, 1.165) is 17.0 Å². The van der Waals surface area contributed by atoms with Crippen molar-refractivity contribution in [3.8, 4) is 5.75 Å². The van der Waals surface area contributed by atoms with Gasteiger partial charge in [0, 0.05) is 43.9 Å². The monoisotopic (exact) mass is 403 g/mol. The molecule has 2 N–H and O–H groups in total. The number of rotatable bonds is 5. The SMILES string of the molecule is COc1ccc(C(=O)N2CCN(C(=O)CCc3ccccc3N)CC2)cc1.Cl. The number of ether oxygens (including phenoxy) is 1. The Bertz CT molecular complexity index is 803. The van der Waals surface area contributed by atoms with Crippen LogP contribution in [-0.2, 0) is 11.2 Å². The van der Waals surface area contributed by atoms with E-state index in [0.29, 0.717) is 44.6 Å². The van der Waals surface area contributed by atoms with Crippen molar-refractivity contribution in [3.63, 3.8) is 0 Å². The minimum Gasteiger partial charge on any atom is -0.497 e. The Labute approximate surface area is 171 Å². The molecule has 1 saturated heterocycles. The number of aryl methyl sites for hydroxylation is 1. The minimum absolute atomic E-state index is 0. The molecule has 1 aliphatic rings. The maximum atomic E-state index is 12.6. The maximum absolute atomic E-state index is 12.6. The number of benzene rings is 2. The molecule has 2 amide bonds. The predicted molar refractivity (Wildman–Crippen MR) is 112 cm³/mol. The summed E-state index contributed by atoms with van der Waals surface area (Å²) in [6.45, 7) is 2.21. The number of nitrogen functional groups attached to an aromatic ring is 1. The zero-order valence-electron chi connectivity index (χ0n) is 16.0. The van der Waals surface area contributed by atoms with Crippen LogP contribution < -0.4 is 10.5 Å². The zero-order chi connectivity index (χ0) is 19.2. The van der Waals surface area contributed by atoms with Gasteiger partial charge in [0.15, 0.2) is 0 Å². The summed E-state index contributed by atoms with van der Waals surface area (Å²) < 4.78 is 5.12. The highest BCUT2D eigenvalue weighted by Gasteiger charge is 2.24. The topological polar surface area (TPSA) is 75.9 Å². The van der Waals surface area contributed by atoms with Crippen molar-refractivity contribution in [2.45, 2.75) is 12.8 Å². The molecule has 7 heteroatoms. The van der Waals surface area contributed by atoms with Gasteiger partial charge in [-0.2, -0.15) is 0 Å². The second kappa shape index (κ2) is 9.99. The Morgan fingerprint density at radius 1 is 0.964 bits per heavy atom. The third-order valence-electron chi connectivity index (χ3n) is 4.92. The highest BCUT2D eigenvalue weighted by Crippen LogP contribution is 2.16. The largest absolute Gasteiger partial charge is 0.497 e. The van der Waals surface area contributed by atoms with E-state index in [2.05, 4.69) is 0 Å². The van der Waals surface area contributed by atoms with E-state index in [1.807, 2.05) is 29.2 Å². The molecule has 0 atom stereocenters. The van der Waals surface area contributed by atoms with Crippen LogP contribution in [0.4, 0.5) is 5.69 Å². The number of hydrogen-bond donors (Lipinski definition) is 1. The van der Waals surface area contributed by atoms with Crippen LogP contribution >= 0.6 is 12.4 Å². The maximum Gasteiger partial charge on any atom is 0.253 e. The molecule has 0 bridgehead atoms. The average Bonchev–Trinajstić information content (AvgIpc) is 2.72. The van der Waals surface area contributed by atoms with Crippen molar-refractivity contribution in [1.29, 1.82) is 0 Å². The fraction of sp³-hybridized carbons (Fsp3) is 0.333. The number of hydrogen-bond acceptors (Lipinski definition) is 4. The number of nitrogens with two attached hydrogens (primary N) is 1. The van der Waals surface area contributed by atoms with Gasteiger partial charge in [-0.15, -0.1) is 12.4 Å². The standard InChI is InChI=1S/C21H25N3O3.ClH/c1-27-18-9-6-17(7-10-18)21(26)24-14-12-23(13-15-24)20(25)11-8-16-4-2-3-5-19(16)22;/h2-7,9-10H,8,11-15,22H2,1H3;1H. The summed E-state index contributed by atoms with van der Waals surface area (Å²) in [6.07, 6.45) is 1.07. The quantitative estimate of drug-likeness (QED) is 0.778. The van der Waals surface area contributed by atoms with E-state index in [-0.39, 0.29) is 24.2 Å². The molecule has 0 saturated carbocycles. The normalized spacial score (nSPS) is 13.6. The van der Waals surface area contributed by atoms with Crippen LogP contribution in [-0.4, -0.2) is 54.9 Å². The molecule has 1 aliphatic heterocycles. The lowest BCUT2D eigenvalue weighted by Gasteiger charge is -2.35. The molecular formula is C21H26ClN3O3. The van der Waals surface area contributed by atoms with Gasteiger partial charge < -0.3 is 20.3 Å². The highest BCUT2D eigenvalue weighted by atomic mass is 35.5. The van der Waals surface area contributed by atoms with E-state index >= 15 is 0 Å². The fourth-order valence-corrected chi connectivity index (χ4v) is 3.24. The third kappa shape index (κ3) is 5.16. The molecule has 0 spiro atoms. The number of para-hydroxylation sites is 1. The Morgan fingerprint density at radius 2 is 1.57 bits per heavy atom. The number of nitrogens with zero attached hydrogens (tertiary/aromatic N) is 2. The summed E-state index contributed by atoms with van der Waals surface area (Å²) in [5, 5.41) is 0. The van der Waals surface area contributed by atoms with E-state index in [1.165, 1.54) is 0 Å². The van der Waals surface area contributed by atoms with E-state index in [1.54, 1.807) is 36.3 Å². The Kier molecular flexibility index (Phi) is 7.70. The smallest absolute Gasteiger partial charge is 0.253 e. The Hall–Kier alpha value is -2.73. The molecule has 0 aliphatic carbocycles. The summed E-state index contributed by atoms with van der Waals surface area (Å²) >= 11 is 0. The lowest BCUT2D eigenvalue weighted by molar-refractivity contribution is -0.132. The van der Waals surface area contributed by atoms with Gasteiger partial charge in [-0.05, 0) is 42.3 Å². The highest BCUT2D eigenvalue weighted by molar-refractivity contribution is 5.94. The third-order valence-corrected chi connectivity index (χ3v) is 4.92. The van der Waals surface area contributed by atoms with Crippen molar-refractivity contribution in [1.82, 2.24) is 9.80 Å². The van der Waals surface area contributed by atoms with Crippen LogP contribution in [0.15, 0.2) is 48.5 Å². The second-order valence-corrected chi connectivity index (χ2v) is 6.60. The molecule has 28 heavy (non-hydrogen) atoms. The van der Waals surface area contributed by atoms with Gasteiger partial charge >= 0.3 is 0 Å². The van der Waals surface area contributed by atoms with Crippen molar-refractivity contribution < 1.29 is 14.3 Å². The van der Waals surface area contributed by atoms with Crippen LogP contribution in [0.1, 0.15) is 22.3 Å². The van der Waals surface area contributed by atoms with E-state index in [4.69, 9.17) is 10.5 Å². The molecule has 150 valence electrons. The molecule has 0 aromatic heterocycles. The fourth-order valence-electron chi connectivity index (χ4n) is 3.24. The van der Waals surface area contributed by atoms with E-state index in [9.17, 15) is 9.59 Å². The summed E-state index contributed by atoms with van der Waals surface area (Å²) in [4.78, 5) is 28.7. The van der Waals surface area contributed by atoms with Gasteiger partial charge in [-0.3, -0.25) is 9.59 Å². The number of carbonyl (C=O) groups is 2. The molecular weight excluding hydrogens is 378 g/mol. The van der Waals surface area contributed by atoms with Crippen molar-refractivity contribution >= 4 is 29.9 Å². The van der Waals surface area contributed by atoms with E-state index < -0.39 is 0 Å². The van der Waals surface area contributed by atoms with Gasteiger partial charge in [0.05, 0.1) is 7.11 Å². The molecule has 1 heterocycles. The van der Waals surface area contributed by atoms with Crippen LogP contribution in [0.3, 0.4) is 0 Å². The van der Waals surface area contributed by atoms with Gasteiger partial charge in [0.2, 0.25) is 5.91 Å². The lowest BCUT2D eigenvalue weighted by Crippen LogP contribution is -2.50. The summed E-state index contributed by atoms with van der Waals surface area (Å²) in [6, 6.07) is 14.7. The number of anilines is 1. The van der Waals surface area contributed by atoms with Crippen molar-refractivity contribution in [3.05, 3.63) is 59.7 Å². The lowest BCUT2D eigenvalue weighted by atomic mass is 10.1. The Morgan fingerprint density at radius 3 is 2.18 bits per heavy atom. The average molecular weight is 404 g/mol. The first kappa shape index (κ1) is 21.6. The summed E-state index contributed by atoms with van der Waals surface area (Å²) in [5.41, 5.74) is 8.29. The molecule has 0 unspecified atom stereocenters. The van der Waals surface area contributed by atoms with Crippen LogP contribution in [0.25, 0.3) is 0 Å². The van der Waals surface area contributed by atoms with Crippen molar-refractivity contribution in [2.24, 2.45) is 0 Å². The van der Waals surface area contributed by atoms with Crippen molar-refractivity contribution in [2.75, 3.05) is 39.0 Å². The number of halogens is 1. The van der Waals surface area contributed by atoms with Gasteiger partial charge in [0.1, 0.15) is 5.75 Å². The van der Waals surface area contributed by atoms with Gasteiger partial charge in [-0.1, -0.05) is 18.2 Å². The molecule has 0 radical (unpaired) electrons. The van der Waals surface area contributed by atoms with Gasteiger partial charge in [-0.25, -0.2) is 0 Å². The molecule has 1 fully saturated rings. The first-order valence-corrected chi connectivity index (χ1v) is 9.13. The first-order chi connectivity index (χ1) is 13.1. The van der Waals surface area contributed by atoms with Gasteiger partial charge in [0.25, 0.3) is 5.91 Å². The number of piperazine rings is 1. The number of carbonyl (C=O) groups excluding carboxylic acids is 2. The molecule has 3 rings (SSSR count).